The van der Waals surface area contributed by atoms with Gasteiger partial charge in [-0.2, -0.15) is 0 Å². The van der Waals surface area contributed by atoms with Crippen molar-refractivity contribution in [1.29, 1.82) is 0 Å². The molecule has 0 spiro atoms. The van der Waals surface area contributed by atoms with Crippen molar-refractivity contribution in [1.82, 2.24) is 0 Å². The highest BCUT2D eigenvalue weighted by Gasteiger charge is 2.24. The molecule has 3 rings (SSSR count). The van der Waals surface area contributed by atoms with E-state index < -0.39 is 15.8 Å². The second-order valence-electron chi connectivity index (χ2n) is 7.24. The van der Waals surface area contributed by atoms with Crippen molar-refractivity contribution >= 4 is 59.3 Å². The molecule has 6 nitrogen and oxygen atoms in total. The molecule has 0 fully saturated rings. The van der Waals surface area contributed by atoms with Crippen LogP contribution in [0.1, 0.15) is 41.3 Å². The summed E-state index contributed by atoms with van der Waals surface area (Å²) in [6, 6.07) is 12.4. The smallest absolute Gasteiger partial charge is 0.239 e. The maximum atomic E-state index is 13.0. The highest BCUT2D eigenvalue weighted by molar-refractivity contribution is 9.13. The third kappa shape index (κ3) is 5.18. The molecule has 3 aromatic carbocycles. The Balaban J connectivity index is 1.91. The number of hydrogen-bond donors (Lipinski definition) is 2. The normalized spacial score (nSPS) is 11.6. The first-order valence-electron chi connectivity index (χ1n) is 9.26. The summed E-state index contributed by atoms with van der Waals surface area (Å²) in [5.74, 6) is 0.866. The summed E-state index contributed by atoms with van der Waals surface area (Å²) in [6.45, 7) is 3.93. The number of halogens is 3. The summed E-state index contributed by atoms with van der Waals surface area (Å²) in [4.78, 5) is 12.8. The molecular formula is C22H18Br2ClNO5S. The molecule has 0 bridgehead atoms. The number of rotatable bonds is 6. The van der Waals surface area contributed by atoms with Crippen LogP contribution in [0.2, 0.25) is 5.02 Å². The predicted octanol–water partition coefficient (Wildman–Crippen LogP) is 6.36. The lowest BCUT2D eigenvalue weighted by atomic mass is 10.0. The molecule has 0 aliphatic rings. The maximum Gasteiger partial charge on any atom is 0.239 e. The lowest BCUT2D eigenvalue weighted by Crippen LogP contribution is -2.15. The van der Waals surface area contributed by atoms with Gasteiger partial charge in [-0.15, -0.1) is 0 Å². The van der Waals surface area contributed by atoms with E-state index in [-0.39, 0.29) is 41.7 Å². The molecule has 3 aromatic rings. The number of primary sulfonamides is 1. The number of carbonyl (C=O) groups excluding carboxylic acids is 1. The van der Waals surface area contributed by atoms with Crippen LogP contribution in [0.15, 0.2) is 62.4 Å². The number of phenols is 1. The fourth-order valence-electron chi connectivity index (χ4n) is 2.98. The monoisotopic (exact) mass is 601 g/mol. The quantitative estimate of drug-likeness (QED) is 0.252. The Kier molecular flexibility index (Phi) is 7.36. The van der Waals surface area contributed by atoms with E-state index in [0.29, 0.717) is 11.5 Å². The van der Waals surface area contributed by atoms with Gasteiger partial charge in [-0.25, -0.2) is 13.6 Å². The SMILES string of the molecule is CC(C)c1cc(Oc2ccc(C(=O)c3cc(S(N)(=O)=O)c(Br)c(Br)c3Cl)cc2)ccc1O. The van der Waals surface area contributed by atoms with Gasteiger partial charge in [-0.05, 0) is 86.3 Å². The van der Waals surface area contributed by atoms with Gasteiger partial charge in [0.2, 0.25) is 10.0 Å². The molecule has 3 N–H and O–H groups in total. The van der Waals surface area contributed by atoms with Crippen LogP contribution >= 0.6 is 43.5 Å². The Bertz CT molecular complexity index is 1310. The minimum absolute atomic E-state index is 0.0143. The molecule has 0 atom stereocenters. The molecule has 0 unspecified atom stereocenters. The topological polar surface area (TPSA) is 107 Å². The van der Waals surface area contributed by atoms with E-state index in [9.17, 15) is 18.3 Å². The summed E-state index contributed by atoms with van der Waals surface area (Å²) >= 11 is 12.6. The molecule has 0 aliphatic heterocycles. The van der Waals surface area contributed by atoms with Crippen LogP contribution in [0, 0.1) is 0 Å². The first-order chi connectivity index (χ1) is 14.9. The predicted molar refractivity (Wildman–Crippen MR) is 130 cm³/mol. The number of carbonyl (C=O) groups is 1. The lowest BCUT2D eigenvalue weighted by molar-refractivity contribution is 0.103. The van der Waals surface area contributed by atoms with E-state index in [1.807, 2.05) is 13.8 Å². The molecule has 168 valence electrons. The van der Waals surface area contributed by atoms with Gasteiger partial charge in [-0.3, -0.25) is 4.79 Å². The second-order valence-corrected chi connectivity index (χ2v) is 10.7. The van der Waals surface area contributed by atoms with Gasteiger partial charge in [-0.1, -0.05) is 25.4 Å². The molecule has 32 heavy (non-hydrogen) atoms. The van der Waals surface area contributed by atoms with E-state index >= 15 is 0 Å². The van der Waals surface area contributed by atoms with Crippen molar-refractivity contribution in [3.8, 4) is 17.2 Å². The van der Waals surface area contributed by atoms with Crippen molar-refractivity contribution in [2.24, 2.45) is 5.14 Å². The Morgan fingerprint density at radius 2 is 1.62 bits per heavy atom. The summed E-state index contributed by atoms with van der Waals surface area (Å²) in [7, 11) is -4.09. The van der Waals surface area contributed by atoms with Gasteiger partial charge >= 0.3 is 0 Å². The zero-order valence-electron chi connectivity index (χ0n) is 16.9. The molecule has 0 amide bonds. The van der Waals surface area contributed by atoms with Crippen LogP contribution in [0.5, 0.6) is 17.2 Å². The van der Waals surface area contributed by atoms with Gasteiger partial charge in [0.25, 0.3) is 0 Å². The van der Waals surface area contributed by atoms with Crippen molar-refractivity contribution in [3.05, 3.63) is 79.2 Å². The average Bonchev–Trinajstić information content (AvgIpc) is 2.72. The number of benzene rings is 3. The van der Waals surface area contributed by atoms with Crippen LogP contribution in [0.25, 0.3) is 0 Å². The fraction of sp³-hybridized carbons (Fsp3) is 0.136. The third-order valence-electron chi connectivity index (χ3n) is 4.64. The number of ketones is 1. The molecule has 0 saturated carbocycles. The van der Waals surface area contributed by atoms with Gasteiger partial charge < -0.3 is 9.84 Å². The fourth-order valence-corrected chi connectivity index (χ4v) is 5.51. The van der Waals surface area contributed by atoms with Crippen molar-refractivity contribution < 1.29 is 23.1 Å². The van der Waals surface area contributed by atoms with Crippen molar-refractivity contribution in [2.45, 2.75) is 24.7 Å². The molecule has 0 heterocycles. The summed E-state index contributed by atoms with van der Waals surface area (Å²) in [5, 5.41) is 15.3. The van der Waals surface area contributed by atoms with Crippen LogP contribution in [0.3, 0.4) is 0 Å². The van der Waals surface area contributed by atoms with E-state index in [1.54, 1.807) is 42.5 Å². The summed E-state index contributed by atoms with van der Waals surface area (Å²) in [6.07, 6.45) is 0. The van der Waals surface area contributed by atoms with Gasteiger partial charge in [0.1, 0.15) is 17.2 Å². The maximum absolute atomic E-state index is 13.0. The van der Waals surface area contributed by atoms with Crippen LogP contribution in [-0.4, -0.2) is 19.3 Å². The molecule has 0 aliphatic carbocycles. The Hall–Kier alpha value is -1.91. The zero-order chi connectivity index (χ0) is 23.8. The molecule has 10 heteroatoms. The van der Waals surface area contributed by atoms with Crippen LogP contribution in [-0.2, 0) is 10.0 Å². The summed E-state index contributed by atoms with van der Waals surface area (Å²) < 4.78 is 29.9. The number of hydrogen-bond acceptors (Lipinski definition) is 5. The van der Waals surface area contributed by atoms with Gasteiger partial charge in [0, 0.05) is 16.7 Å². The number of phenolic OH excluding ortho intramolecular Hbond substituents is 1. The van der Waals surface area contributed by atoms with E-state index in [0.717, 1.165) is 11.6 Å². The Morgan fingerprint density at radius 1 is 1.03 bits per heavy atom. The average molecular weight is 604 g/mol. The minimum atomic E-state index is -4.09. The van der Waals surface area contributed by atoms with E-state index in [2.05, 4.69) is 31.9 Å². The minimum Gasteiger partial charge on any atom is -0.508 e. The van der Waals surface area contributed by atoms with Crippen LogP contribution in [0.4, 0.5) is 0 Å². The largest absolute Gasteiger partial charge is 0.508 e. The third-order valence-corrected chi connectivity index (χ3v) is 8.61. The Labute approximate surface area is 207 Å². The Morgan fingerprint density at radius 3 is 2.19 bits per heavy atom. The first kappa shape index (κ1) is 24.7. The number of sulfonamides is 1. The van der Waals surface area contributed by atoms with Gasteiger partial charge in [0.05, 0.1) is 18.9 Å². The zero-order valence-corrected chi connectivity index (χ0v) is 21.6. The van der Waals surface area contributed by atoms with Crippen LogP contribution < -0.4 is 9.88 Å². The number of nitrogens with two attached hydrogens (primary N) is 1. The number of ether oxygens (including phenoxy) is 1. The lowest BCUT2D eigenvalue weighted by Gasteiger charge is -2.13. The molecule has 0 aromatic heterocycles. The molecular weight excluding hydrogens is 586 g/mol. The van der Waals surface area contributed by atoms with Crippen molar-refractivity contribution in [3.63, 3.8) is 0 Å². The highest BCUT2D eigenvalue weighted by atomic mass is 79.9. The van der Waals surface area contributed by atoms with E-state index in [1.165, 1.54) is 0 Å². The first-order valence-corrected chi connectivity index (χ1v) is 12.8. The van der Waals surface area contributed by atoms with E-state index in [4.69, 9.17) is 21.5 Å². The highest BCUT2D eigenvalue weighted by Crippen LogP contribution is 2.39. The number of aromatic hydroxyl groups is 1. The standard InChI is InChI=1S/C22H18Br2ClNO5S/c1-11(2)15-9-14(7-8-17(15)27)31-13-5-3-12(4-6-13)22(28)16-10-18(32(26,29)30)19(23)20(24)21(16)25/h3-11,27H,1-2H3,(H2,26,29,30). The summed E-state index contributed by atoms with van der Waals surface area (Å²) in [5.41, 5.74) is 1.03. The van der Waals surface area contributed by atoms with Crippen molar-refractivity contribution in [2.75, 3.05) is 0 Å². The molecule has 0 saturated heterocycles. The van der Waals surface area contributed by atoms with Gasteiger partial charge in [0.15, 0.2) is 5.78 Å². The second kappa shape index (κ2) is 9.52. The molecule has 0 radical (unpaired) electrons.